The summed E-state index contributed by atoms with van der Waals surface area (Å²) in [5, 5.41) is 0.566. The summed E-state index contributed by atoms with van der Waals surface area (Å²) in [7, 11) is 0. The van der Waals surface area contributed by atoms with Crippen molar-refractivity contribution in [3.05, 3.63) is 88.6 Å². The monoisotopic (exact) mass is 352 g/mol. The van der Waals surface area contributed by atoms with Gasteiger partial charge >= 0.3 is 0 Å². The van der Waals surface area contributed by atoms with Crippen molar-refractivity contribution in [3.8, 4) is 0 Å². The van der Waals surface area contributed by atoms with E-state index in [-0.39, 0.29) is 18.4 Å². The number of aromatic nitrogens is 1. The summed E-state index contributed by atoms with van der Waals surface area (Å²) in [6.07, 6.45) is 3.00. The molecule has 0 fully saturated rings. The van der Waals surface area contributed by atoms with E-state index < -0.39 is 5.92 Å². The molecule has 0 saturated heterocycles. The van der Waals surface area contributed by atoms with Crippen molar-refractivity contribution >= 4 is 23.4 Å². The van der Waals surface area contributed by atoms with Crippen LogP contribution in [-0.2, 0) is 0 Å². The molecular weight excluding hydrogens is 340 g/mol. The van der Waals surface area contributed by atoms with Crippen LogP contribution in [0.25, 0.3) is 0 Å². The minimum Gasteiger partial charge on any atom is -0.448 e. The molecule has 2 amide bonds. The van der Waals surface area contributed by atoms with Crippen LogP contribution in [0, 0.1) is 0 Å². The van der Waals surface area contributed by atoms with Crippen molar-refractivity contribution in [1.82, 2.24) is 9.88 Å². The van der Waals surface area contributed by atoms with E-state index in [4.69, 9.17) is 16.0 Å². The van der Waals surface area contributed by atoms with Gasteiger partial charge < -0.3 is 4.42 Å². The largest absolute Gasteiger partial charge is 0.448 e. The zero-order chi connectivity index (χ0) is 17.4. The average Bonchev–Trinajstić information content (AvgIpc) is 3.22. The first-order valence-corrected chi connectivity index (χ1v) is 8.13. The molecule has 0 bridgehead atoms. The van der Waals surface area contributed by atoms with Crippen molar-refractivity contribution in [1.29, 1.82) is 0 Å². The van der Waals surface area contributed by atoms with Gasteiger partial charge in [-0.1, -0.05) is 35.9 Å². The molecule has 0 N–H and O–H groups in total. The van der Waals surface area contributed by atoms with E-state index in [2.05, 4.69) is 4.98 Å². The Morgan fingerprint density at radius 2 is 1.76 bits per heavy atom. The van der Waals surface area contributed by atoms with Gasteiger partial charge in [-0.05, 0) is 29.8 Å². The second-order valence-electron chi connectivity index (χ2n) is 5.74. The number of carbonyl (C=O) groups excluding carboxylic acids is 2. The van der Waals surface area contributed by atoms with Crippen LogP contribution >= 0.6 is 11.6 Å². The quantitative estimate of drug-likeness (QED) is 0.671. The predicted molar refractivity (Wildman–Crippen MR) is 91.6 cm³/mol. The topological polar surface area (TPSA) is 63.4 Å². The lowest BCUT2D eigenvalue weighted by Gasteiger charge is -2.21. The fourth-order valence-electron chi connectivity index (χ4n) is 3.04. The van der Waals surface area contributed by atoms with E-state index in [9.17, 15) is 9.59 Å². The maximum Gasteiger partial charge on any atom is 0.261 e. The summed E-state index contributed by atoms with van der Waals surface area (Å²) in [4.78, 5) is 30.7. The number of hydrogen-bond acceptors (Lipinski definition) is 4. The molecule has 1 aromatic heterocycles. The Hall–Kier alpha value is -2.92. The fourth-order valence-corrected chi connectivity index (χ4v) is 3.24. The van der Waals surface area contributed by atoms with Gasteiger partial charge in [-0.3, -0.25) is 14.5 Å². The molecule has 0 spiro atoms. The number of fused-ring (bicyclic) bond motifs is 1. The second-order valence-corrected chi connectivity index (χ2v) is 6.18. The van der Waals surface area contributed by atoms with Gasteiger partial charge in [0, 0.05) is 11.6 Å². The van der Waals surface area contributed by atoms with Crippen LogP contribution in [-0.4, -0.2) is 28.2 Å². The van der Waals surface area contributed by atoms with Gasteiger partial charge in [0.15, 0.2) is 0 Å². The molecule has 2 aromatic carbocycles. The van der Waals surface area contributed by atoms with Crippen LogP contribution in [0.2, 0.25) is 5.02 Å². The average molecular weight is 353 g/mol. The molecule has 0 aliphatic carbocycles. The van der Waals surface area contributed by atoms with Gasteiger partial charge in [0.05, 0.1) is 23.2 Å². The molecule has 0 saturated carbocycles. The van der Waals surface area contributed by atoms with Crippen LogP contribution in [0.15, 0.2) is 65.4 Å². The second kappa shape index (κ2) is 6.18. The first-order valence-electron chi connectivity index (χ1n) is 7.75. The Morgan fingerprint density at radius 3 is 2.36 bits per heavy atom. The van der Waals surface area contributed by atoms with Crippen molar-refractivity contribution in [2.24, 2.45) is 0 Å². The molecule has 1 unspecified atom stereocenters. The molecule has 5 nitrogen and oxygen atoms in total. The van der Waals surface area contributed by atoms with Crippen molar-refractivity contribution in [3.63, 3.8) is 0 Å². The smallest absolute Gasteiger partial charge is 0.261 e. The molecule has 1 aliphatic rings. The third-order valence-electron chi connectivity index (χ3n) is 4.24. The molecule has 6 heteroatoms. The van der Waals surface area contributed by atoms with E-state index in [1.54, 1.807) is 36.4 Å². The van der Waals surface area contributed by atoms with Gasteiger partial charge in [0.25, 0.3) is 11.8 Å². The first kappa shape index (κ1) is 15.6. The summed E-state index contributed by atoms with van der Waals surface area (Å²) < 4.78 is 5.44. The Balaban J connectivity index is 1.71. The highest BCUT2D eigenvalue weighted by molar-refractivity contribution is 6.30. The third-order valence-corrected chi connectivity index (χ3v) is 4.48. The van der Waals surface area contributed by atoms with Crippen LogP contribution in [0.1, 0.15) is 38.1 Å². The number of imide groups is 1. The maximum atomic E-state index is 12.6. The number of amides is 2. The highest BCUT2D eigenvalue weighted by Gasteiger charge is 2.37. The fraction of sp³-hybridized carbons (Fsp3) is 0.105. The lowest BCUT2D eigenvalue weighted by Crippen LogP contribution is -2.34. The Bertz CT molecular complexity index is 918. The number of rotatable bonds is 4. The Kier molecular flexibility index (Phi) is 3.86. The minimum absolute atomic E-state index is 0.132. The number of hydrogen-bond donors (Lipinski definition) is 0. The van der Waals surface area contributed by atoms with E-state index in [1.165, 1.54) is 17.4 Å². The molecule has 0 radical (unpaired) electrons. The first-order chi connectivity index (χ1) is 12.1. The summed E-state index contributed by atoms with van der Waals surface area (Å²) in [5.74, 6) is -0.576. The number of carbonyl (C=O) groups is 2. The van der Waals surface area contributed by atoms with Gasteiger partial charge in [-0.25, -0.2) is 4.98 Å². The summed E-state index contributed by atoms with van der Waals surface area (Å²) >= 11 is 6.10. The van der Waals surface area contributed by atoms with Gasteiger partial charge in [-0.15, -0.1) is 0 Å². The molecule has 25 heavy (non-hydrogen) atoms. The van der Waals surface area contributed by atoms with Crippen LogP contribution in [0.3, 0.4) is 0 Å². The molecular formula is C19H13ClN2O3. The van der Waals surface area contributed by atoms with E-state index >= 15 is 0 Å². The number of halogens is 1. The maximum absolute atomic E-state index is 12.6. The number of nitrogens with zero attached hydrogens (tertiary/aromatic N) is 2. The minimum atomic E-state index is -0.393. The molecule has 1 atom stereocenters. The van der Waals surface area contributed by atoms with Crippen molar-refractivity contribution < 1.29 is 14.0 Å². The normalized spacial score (nSPS) is 14.7. The van der Waals surface area contributed by atoms with Gasteiger partial charge in [0.1, 0.15) is 6.26 Å². The summed E-state index contributed by atoms with van der Waals surface area (Å²) in [6.45, 7) is 0.132. The van der Waals surface area contributed by atoms with E-state index in [0.29, 0.717) is 22.0 Å². The van der Waals surface area contributed by atoms with Crippen molar-refractivity contribution in [2.75, 3.05) is 6.54 Å². The van der Waals surface area contributed by atoms with Crippen LogP contribution in [0.4, 0.5) is 0 Å². The lowest BCUT2D eigenvalue weighted by molar-refractivity contribution is 0.0646. The lowest BCUT2D eigenvalue weighted by atomic mass is 9.98. The van der Waals surface area contributed by atoms with Crippen LogP contribution < -0.4 is 0 Å². The number of oxazole rings is 1. The van der Waals surface area contributed by atoms with Gasteiger partial charge in [0.2, 0.25) is 5.89 Å². The zero-order valence-electron chi connectivity index (χ0n) is 13.1. The summed E-state index contributed by atoms with van der Waals surface area (Å²) in [6, 6.07) is 14.1. The predicted octanol–water partition coefficient (Wildman–Crippen LogP) is 3.76. The van der Waals surface area contributed by atoms with Gasteiger partial charge in [-0.2, -0.15) is 0 Å². The highest BCUT2D eigenvalue weighted by atomic mass is 35.5. The van der Waals surface area contributed by atoms with E-state index in [0.717, 1.165) is 5.56 Å². The molecule has 4 rings (SSSR count). The van der Waals surface area contributed by atoms with Crippen LogP contribution in [0.5, 0.6) is 0 Å². The number of benzene rings is 2. The molecule has 2 heterocycles. The molecule has 3 aromatic rings. The van der Waals surface area contributed by atoms with E-state index in [1.807, 2.05) is 12.1 Å². The molecule has 1 aliphatic heterocycles. The Morgan fingerprint density at radius 1 is 1.04 bits per heavy atom. The Labute approximate surface area is 148 Å². The zero-order valence-corrected chi connectivity index (χ0v) is 13.8. The SMILES string of the molecule is O=C1c2ccccc2C(=O)N1CC(c1cccc(Cl)c1)c1ncco1. The van der Waals surface area contributed by atoms with Crippen molar-refractivity contribution in [2.45, 2.75) is 5.92 Å². The summed E-state index contributed by atoms with van der Waals surface area (Å²) in [5.41, 5.74) is 1.67. The standard InChI is InChI=1S/C19H13ClN2O3/c20-13-5-3-4-12(10-13)16(17-21-8-9-25-17)11-22-18(23)14-6-1-2-7-15(14)19(22)24/h1-10,16H,11H2. The molecule has 124 valence electrons. The highest BCUT2D eigenvalue weighted by Crippen LogP contribution is 2.30. The third kappa shape index (κ3) is 2.72.